The van der Waals surface area contributed by atoms with E-state index in [1.54, 1.807) is 4.90 Å². The molecule has 0 unspecified atom stereocenters. The summed E-state index contributed by atoms with van der Waals surface area (Å²) in [5.74, 6) is -0.286. The number of hydrogen-bond donors (Lipinski definition) is 1. The second-order valence-electron chi connectivity index (χ2n) is 7.11. The highest BCUT2D eigenvalue weighted by molar-refractivity contribution is 6.09. The van der Waals surface area contributed by atoms with Crippen LogP contribution in [0.15, 0.2) is 0 Å². The Balaban J connectivity index is 1.66. The fraction of sp³-hybridized carbons (Fsp3) is 0.824. The molecule has 6 nitrogen and oxygen atoms in total. The van der Waals surface area contributed by atoms with E-state index in [0.29, 0.717) is 12.8 Å². The van der Waals surface area contributed by atoms with Crippen molar-refractivity contribution < 1.29 is 14.4 Å². The summed E-state index contributed by atoms with van der Waals surface area (Å²) in [6.45, 7) is 1.38. The molecule has 0 aromatic heterocycles. The number of piperidine rings is 1. The molecule has 1 aliphatic carbocycles. The second-order valence-corrected chi connectivity index (χ2v) is 7.11. The first kappa shape index (κ1) is 16.3. The van der Waals surface area contributed by atoms with Gasteiger partial charge in [-0.15, -0.1) is 0 Å². The maximum absolute atomic E-state index is 12.8. The topological polar surface area (TPSA) is 69.7 Å². The van der Waals surface area contributed by atoms with Crippen molar-refractivity contribution in [3.63, 3.8) is 0 Å². The van der Waals surface area contributed by atoms with Crippen LogP contribution < -0.4 is 5.32 Å². The molecular formula is C17H27N3O3. The van der Waals surface area contributed by atoms with Gasteiger partial charge in [0.15, 0.2) is 0 Å². The number of nitrogens with one attached hydrogen (secondary N) is 1. The van der Waals surface area contributed by atoms with Crippen LogP contribution in [0.5, 0.6) is 0 Å². The third kappa shape index (κ3) is 3.35. The molecule has 23 heavy (non-hydrogen) atoms. The standard InChI is InChI=1S/C17H27N3O3/c21-14(19-11-7-4-8-12-19)13-20-15(22)17(18-16(20)23)9-5-2-1-3-6-10-17/h1-13H2,(H,18,23). The molecule has 1 N–H and O–H groups in total. The van der Waals surface area contributed by atoms with Gasteiger partial charge < -0.3 is 10.2 Å². The molecule has 4 amide bonds. The Morgan fingerprint density at radius 3 is 2.13 bits per heavy atom. The van der Waals surface area contributed by atoms with Crippen LogP contribution in [0, 0.1) is 0 Å². The highest BCUT2D eigenvalue weighted by atomic mass is 16.2. The average Bonchev–Trinajstić information content (AvgIpc) is 2.77. The van der Waals surface area contributed by atoms with E-state index in [1.165, 1.54) is 6.42 Å². The molecule has 3 aliphatic rings. The van der Waals surface area contributed by atoms with Gasteiger partial charge in [0.2, 0.25) is 5.91 Å². The molecule has 2 saturated heterocycles. The zero-order chi connectivity index (χ0) is 16.3. The second kappa shape index (κ2) is 6.89. The molecule has 1 spiro atoms. The Labute approximate surface area is 137 Å². The molecule has 0 radical (unpaired) electrons. The van der Waals surface area contributed by atoms with Gasteiger partial charge >= 0.3 is 6.03 Å². The van der Waals surface area contributed by atoms with Crippen LogP contribution in [0.3, 0.4) is 0 Å². The fourth-order valence-corrected chi connectivity index (χ4v) is 4.05. The lowest BCUT2D eigenvalue weighted by Gasteiger charge is -2.30. The number of nitrogens with zero attached hydrogens (tertiary/aromatic N) is 2. The summed E-state index contributed by atoms with van der Waals surface area (Å²) < 4.78 is 0. The lowest BCUT2D eigenvalue weighted by molar-refractivity contribution is -0.139. The highest BCUT2D eigenvalue weighted by Crippen LogP contribution is 2.32. The molecule has 0 aromatic rings. The largest absolute Gasteiger partial charge is 0.341 e. The minimum Gasteiger partial charge on any atom is -0.341 e. The van der Waals surface area contributed by atoms with Crippen molar-refractivity contribution in [1.29, 1.82) is 0 Å². The van der Waals surface area contributed by atoms with Crippen LogP contribution >= 0.6 is 0 Å². The van der Waals surface area contributed by atoms with Crippen molar-refractivity contribution in [2.24, 2.45) is 0 Å². The van der Waals surface area contributed by atoms with Gasteiger partial charge in [-0.3, -0.25) is 14.5 Å². The van der Waals surface area contributed by atoms with Crippen LogP contribution in [0.1, 0.15) is 64.2 Å². The summed E-state index contributed by atoms with van der Waals surface area (Å²) in [5.41, 5.74) is -0.750. The van der Waals surface area contributed by atoms with Gasteiger partial charge in [-0.05, 0) is 32.1 Å². The van der Waals surface area contributed by atoms with E-state index in [1.807, 2.05) is 0 Å². The van der Waals surface area contributed by atoms with Gasteiger partial charge in [0.25, 0.3) is 5.91 Å². The monoisotopic (exact) mass is 321 g/mol. The molecule has 2 aliphatic heterocycles. The Morgan fingerprint density at radius 1 is 0.913 bits per heavy atom. The molecule has 3 rings (SSSR count). The summed E-state index contributed by atoms with van der Waals surface area (Å²) in [6.07, 6.45) is 9.91. The Bertz CT molecular complexity index is 477. The zero-order valence-electron chi connectivity index (χ0n) is 13.8. The van der Waals surface area contributed by atoms with Gasteiger partial charge in [-0.1, -0.05) is 32.1 Å². The van der Waals surface area contributed by atoms with Crippen molar-refractivity contribution in [3.8, 4) is 0 Å². The number of rotatable bonds is 2. The van der Waals surface area contributed by atoms with Crippen LogP contribution in [0.25, 0.3) is 0 Å². The van der Waals surface area contributed by atoms with Crippen molar-refractivity contribution >= 4 is 17.8 Å². The number of amides is 4. The first-order valence-corrected chi connectivity index (χ1v) is 9.04. The van der Waals surface area contributed by atoms with Crippen molar-refractivity contribution in [3.05, 3.63) is 0 Å². The minimum absolute atomic E-state index is 0.101. The van der Waals surface area contributed by atoms with E-state index >= 15 is 0 Å². The molecule has 0 atom stereocenters. The first-order valence-electron chi connectivity index (χ1n) is 9.04. The maximum atomic E-state index is 12.8. The number of likely N-dealkylation sites (tertiary alicyclic amines) is 1. The third-order valence-electron chi connectivity index (χ3n) is 5.46. The highest BCUT2D eigenvalue weighted by Gasteiger charge is 2.51. The average molecular weight is 321 g/mol. The van der Waals surface area contributed by atoms with E-state index in [4.69, 9.17) is 0 Å². The first-order chi connectivity index (χ1) is 11.1. The molecule has 6 heteroatoms. The van der Waals surface area contributed by atoms with Gasteiger partial charge in [-0.25, -0.2) is 4.79 Å². The Hall–Kier alpha value is -1.59. The quantitative estimate of drug-likeness (QED) is 0.791. The fourth-order valence-electron chi connectivity index (χ4n) is 4.05. The van der Waals surface area contributed by atoms with E-state index in [2.05, 4.69) is 5.32 Å². The lowest BCUT2D eigenvalue weighted by atomic mass is 9.84. The van der Waals surface area contributed by atoms with E-state index < -0.39 is 5.54 Å². The summed E-state index contributed by atoms with van der Waals surface area (Å²) in [7, 11) is 0. The summed E-state index contributed by atoms with van der Waals surface area (Å²) in [4.78, 5) is 40.5. The Morgan fingerprint density at radius 2 is 1.48 bits per heavy atom. The Kier molecular flexibility index (Phi) is 4.87. The van der Waals surface area contributed by atoms with Gasteiger partial charge in [0.1, 0.15) is 12.1 Å². The van der Waals surface area contributed by atoms with Gasteiger partial charge in [0.05, 0.1) is 0 Å². The van der Waals surface area contributed by atoms with Crippen LogP contribution in [-0.2, 0) is 9.59 Å². The number of carbonyl (C=O) groups is 3. The lowest BCUT2D eigenvalue weighted by Crippen LogP contribution is -2.48. The van der Waals surface area contributed by atoms with Crippen molar-refractivity contribution in [1.82, 2.24) is 15.1 Å². The summed E-state index contributed by atoms with van der Waals surface area (Å²) in [5, 5.41) is 2.91. The van der Waals surface area contributed by atoms with E-state index in [0.717, 1.165) is 62.9 Å². The van der Waals surface area contributed by atoms with Crippen LogP contribution in [0.4, 0.5) is 4.79 Å². The summed E-state index contributed by atoms with van der Waals surface area (Å²) >= 11 is 0. The predicted octanol–water partition coefficient (Wildman–Crippen LogP) is 2.03. The van der Waals surface area contributed by atoms with E-state index in [9.17, 15) is 14.4 Å². The number of carbonyl (C=O) groups excluding carboxylic acids is 3. The number of urea groups is 1. The third-order valence-corrected chi connectivity index (χ3v) is 5.46. The predicted molar refractivity (Wildman–Crippen MR) is 85.7 cm³/mol. The minimum atomic E-state index is -0.750. The molecule has 1 saturated carbocycles. The normalized spacial score (nSPS) is 25.2. The van der Waals surface area contributed by atoms with Crippen LogP contribution in [-0.4, -0.2) is 52.8 Å². The zero-order valence-corrected chi connectivity index (χ0v) is 13.8. The molecule has 128 valence electrons. The number of hydrogen-bond acceptors (Lipinski definition) is 3. The molecule has 0 bridgehead atoms. The van der Waals surface area contributed by atoms with Gasteiger partial charge in [-0.2, -0.15) is 0 Å². The van der Waals surface area contributed by atoms with Crippen molar-refractivity contribution in [2.45, 2.75) is 69.7 Å². The van der Waals surface area contributed by atoms with Crippen molar-refractivity contribution in [2.75, 3.05) is 19.6 Å². The molecule has 3 fully saturated rings. The van der Waals surface area contributed by atoms with Crippen LogP contribution in [0.2, 0.25) is 0 Å². The maximum Gasteiger partial charge on any atom is 0.325 e. The smallest absolute Gasteiger partial charge is 0.325 e. The molecule has 2 heterocycles. The summed E-state index contributed by atoms with van der Waals surface area (Å²) in [6, 6.07) is -0.388. The van der Waals surface area contributed by atoms with Gasteiger partial charge in [0, 0.05) is 13.1 Å². The number of imide groups is 1. The molecular weight excluding hydrogens is 294 g/mol. The van der Waals surface area contributed by atoms with E-state index in [-0.39, 0.29) is 24.4 Å². The molecule has 0 aromatic carbocycles. The SMILES string of the molecule is O=C(CN1C(=O)NC2(CCCCCCC2)C1=O)N1CCCCC1.